The number of nitrogens with one attached hydrogen (secondary N) is 1. The molecule has 3 heterocycles. The summed E-state index contributed by atoms with van der Waals surface area (Å²) in [5.41, 5.74) is 6.16. The Labute approximate surface area is 191 Å². The Kier molecular flexibility index (Phi) is 4.61. The van der Waals surface area contributed by atoms with E-state index in [1.54, 1.807) is 0 Å². The van der Waals surface area contributed by atoms with Crippen LogP contribution in [-0.4, -0.2) is 34.8 Å². The first-order valence-corrected chi connectivity index (χ1v) is 11.3. The number of hydrogen-bond donors (Lipinski definition) is 1. The van der Waals surface area contributed by atoms with E-state index in [1.165, 1.54) is 10.5 Å². The van der Waals surface area contributed by atoms with Crippen molar-refractivity contribution in [2.24, 2.45) is 0 Å². The summed E-state index contributed by atoms with van der Waals surface area (Å²) >= 11 is 0. The fourth-order valence-corrected chi connectivity index (χ4v) is 5.02. The molecule has 4 aromatic rings. The summed E-state index contributed by atoms with van der Waals surface area (Å²) in [5.74, 6) is -0.430. The van der Waals surface area contributed by atoms with Crippen LogP contribution in [0.5, 0.6) is 0 Å². The highest BCUT2D eigenvalue weighted by Gasteiger charge is 2.43. The highest BCUT2D eigenvalue weighted by atomic mass is 16.2. The Balaban J connectivity index is 1.37. The van der Waals surface area contributed by atoms with Gasteiger partial charge in [0.05, 0.1) is 5.57 Å². The molecule has 0 saturated carbocycles. The maximum absolute atomic E-state index is 13.7. The summed E-state index contributed by atoms with van der Waals surface area (Å²) in [4.78, 5) is 34.1. The molecule has 0 unspecified atom stereocenters. The quantitative estimate of drug-likeness (QED) is 0.470. The molecular formula is C28H23N3O2. The lowest BCUT2D eigenvalue weighted by Gasteiger charge is -2.21. The molecular weight excluding hydrogens is 410 g/mol. The van der Waals surface area contributed by atoms with Crippen molar-refractivity contribution in [3.63, 3.8) is 0 Å². The molecule has 2 aliphatic heterocycles. The molecule has 0 bridgehead atoms. The predicted molar refractivity (Wildman–Crippen MR) is 130 cm³/mol. The lowest BCUT2D eigenvalue weighted by atomic mass is 10.0. The fourth-order valence-electron chi connectivity index (χ4n) is 5.02. The van der Waals surface area contributed by atoms with Crippen molar-refractivity contribution in [3.8, 4) is 0 Å². The fraction of sp³-hybridized carbons (Fsp3) is 0.143. The minimum Gasteiger partial charge on any atom is -0.361 e. The molecule has 2 aliphatic rings. The maximum atomic E-state index is 13.7. The van der Waals surface area contributed by atoms with Gasteiger partial charge < -0.3 is 9.88 Å². The first-order chi connectivity index (χ1) is 16.2. The summed E-state index contributed by atoms with van der Waals surface area (Å²) in [6, 6.07) is 25.8. The van der Waals surface area contributed by atoms with E-state index < -0.39 is 0 Å². The van der Waals surface area contributed by atoms with Gasteiger partial charge in [0, 0.05) is 35.9 Å². The van der Waals surface area contributed by atoms with Gasteiger partial charge in [0.1, 0.15) is 5.70 Å². The minimum absolute atomic E-state index is 0.213. The summed E-state index contributed by atoms with van der Waals surface area (Å²) in [6.07, 6.45) is 3.44. The third-order valence-corrected chi connectivity index (χ3v) is 6.64. The summed E-state index contributed by atoms with van der Waals surface area (Å²) in [5, 5.41) is 1.13. The zero-order chi connectivity index (χ0) is 22.4. The van der Waals surface area contributed by atoms with E-state index >= 15 is 0 Å². The van der Waals surface area contributed by atoms with Crippen LogP contribution < -0.4 is 4.90 Å². The van der Waals surface area contributed by atoms with Crippen LogP contribution in [0.4, 0.5) is 5.69 Å². The van der Waals surface area contributed by atoms with E-state index in [2.05, 4.69) is 17.1 Å². The SMILES string of the molecule is O=C1C(c2ccccc2)=C(N2CCc3ccccc32)C(=O)N1CCc1c[nH]c2ccccc12. The topological polar surface area (TPSA) is 56.4 Å². The first-order valence-electron chi connectivity index (χ1n) is 11.3. The molecule has 6 rings (SSSR count). The molecule has 0 atom stereocenters. The standard InChI is InChI=1S/C28H23N3O2/c32-27-25(20-9-2-1-3-10-20)26(30-16-14-19-8-4-7-13-24(19)30)28(33)31(27)17-15-21-18-29-23-12-6-5-11-22(21)23/h1-13,18,29H,14-17H2. The smallest absolute Gasteiger partial charge is 0.278 e. The number of fused-ring (bicyclic) bond motifs is 2. The Morgan fingerprint density at radius 1 is 0.818 bits per heavy atom. The van der Waals surface area contributed by atoms with E-state index in [-0.39, 0.29) is 11.8 Å². The Bertz CT molecular complexity index is 1420. The Hall–Kier alpha value is -4.12. The first kappa shape index (κ1) is 19.6. The summed E-state index contributed by atoms with van der Waals surface area (Å²) < 4.78 is 0. The largest absolute Gasteiger partial charge is 0.361 e. The summed E-state index contributed by atoms with van der Waals surface area (Å²) in [7, 11) is 0. The molecule has 162 valence electrons. The zero-order valence-electron chi connectivity index (χ0n) is 18.1. The second-order valence-corrected chi connectivity index (χ2v) is 8.49. The van der Waals surface area contributed by atoms with Gasteiger partial charge in [-0.1, -0.05) is 66.7 Å². The second kappa shape index (κ2) is 7.78. The number of rotatable bonds is 5. The lowest BCUT2D eigenvalue weighted by molar-refractivity contribution is -0.136. The van der Waals surface area contributed by atoms with E-state index in [4.69, 9.17) is 0 Å². The van der Waals surface area contributed by atoms with Crippen molar-refractivity contribution in [2.45, 2.75) is 12.8 Å². The third-order valence-electron chi connectivity index (χ3n) is 6.64. The third kappa shape index (κ3) is 3.16. The van der Waals surface area contributed by atoms with Gasteiger partial charge in [-0.25, -0.2) is 0 Å². The number of para-hydroxylation sites is 2. The zero-order valence-corrected chi connectivity index (χ0v) is 18.1. The van der Waals surface area contributed by atoms with Crippen LogP contribution in [-0.2, 0) is 22.4 Å². The van der Waals surface area contributed by atoms with Gasteiger partial charge in [-0.15, -0.1) is 0 Å². The van der Waals surface area contributed by atoms with Crippen molar-refractivity contribution in [1.82, 2.24) is 9.88 Å². The lowest BCUT2D eigenvalue weighted by Crippen LogP contribution is -2.36. The van der Waals surface area contributed by atoms with Crippen LogP contribution in [0.15, 0.2) is 90.8 Å². The second-order valence-electron chi connectivity index (χ2n) is 8.49. The van der Waals surface area contributed by atoms with E-state index in [0.29, 0.717) is 30.8 Å². The molecule has 0 fully saturated rings. The number of benzene rings is 3. The number of aromatic nitrogens is 1. The molecule has 0 radical (unpaired) electrons. The van der Waals surface area contributed by atoms with E-state index in [0.717, 1.165) is 34.1 Å². The molecule has 3 aromatic carbocycles. The Morgan fingerprint density at radius 3 is 2.45 bits per heavy atom. The number of carbonyl (C=O) groups is 2. The predicted octanol–water partition coefficient (Wildman–Crippen LogP) is 4.55. The highest BCUT2D eigenvalue weighted by molar-refractivity contribution is 6.36. The number of imide groups is 1. The van der Waals surface area contributed by atoms with Crippen molar-refractivity contribution >= 4 is 34.0 Å². The monoisotopic (exact) mass is 433 g/mol. The van der Waals surface area contributed by atoms with Gasteiger partial charge in [0.2, 0.25) is 0 Å². The normalized spacial score (nSPS) is 15.8. The van der Waals surface area contributed by atoms with Crippen molar-refractivity contribution < 1.29 is 9.59 Å². The van der Waals surface area contributed by atoms with Gasteiger partial charge >= 0.3 is 0 Å². The van der Waals surface area contributed by atoms with E-state index in [1.807, 2.05) is 77.8 Å². The molecule has 5 heteroatoms. The average Bonchev–Trinajstić information content (AvgIpc) is 3.53. The van der Waals surface area contributed by atoms with Gasteiger partial charge in [-0.2, -0.15) is 0 Å². The van der Waals surface area contributed by atoms with Crippen LogP contribution in [0.25, 0.3) is 16.5 Å². The molecule has 1 aromatic heterocycles. The van der Waals surface area contributed by atoms with E-state index in [9.17, 15) is 9.59 Å². The number of amides is 2. The number of aromatic amines is 1. The molecule has 0 aliphatic carbocycles. The molecule has 0 spiro atoms. The molecule has 2 amide bonds. The molecule has 0 saturated heterocycles. The van der Waals surface area contributed by atoms with Crippen molar-refractivity contribution in [2.75, 3.05) is 18.0 Å². The average molecular weight is 434 g/mol. The Morgan fingerprint density at radius 2 is 1.58 bits per heavy atom. The maximum Gasteiger partial charge on any atom is 0.278 e. The highest BCUT2D eigenvalue weighted by Crippen LogP contribution is 2.38. The van der Waals surface area contributed by atoms with Crippen LogP contribution in [0.2, 0.25) is 0 Å². The number of carbonyl (C=O) groups excluding carboxylic acids is 2. The minimum atomic E-state index is -0.217. The summed E-state index contributed by atoms with van der Waals surface area (Å²) in [6.45, 7) is 1.04. The van der Waals surface area contributed by atoms with Crippen LogP contribution >= 0.6 is 0 Å². The van der Waals surface area contributed by atoms with Crippen LogP contribution in [0, 0.1) is 0 Å². The number of nitrogens with zero attached hydrogens (tertiary/aromatic N) is 2. The molecule has 1 N–H and O–H groups in total. The molecule has 33 heavy (non-hydrogen) atoms. The van der Waals surface area contributed by atoms with Gasteiger partial charge in [0.15, 0.2) is 0 Å². The van der Waals surface area contributed by atoms with Crippen LogP contribution in [0.1, 0.15) is 16.7 Å². The van der Waals surface area contributed by atoms with Crippen molar-refractivity contribution in [3.05, 3.63) is 107 Å². The van der Waals surface area contributed by atoms with Gasteiger partial charge in [-0.3, -0.25) is 14.5 Å². The number of anilines is 1. The van der Waals surface area contributed by atoms with Gasteiger partial charge in [0.25, 0.3) is 11.8 Å². The van der Waals surface area contributed by atoms with Crippen LogP contribution in [0.3, 0.4) is 0 Å². The van der Waals surface area contributed by atoms with Crippen molar-refractivity contribution in [1.29, 1.82) is 0 Å². The van der Waals surface area contributed by atoms with Gasteiger partial charge in [-0.05, 0) is 41.7 Å². The number of H-pyrrole nitrogens is 1. The number of hydrogen-bond acceptors (Lipinski definition) is 3. The molecule has 5 nitrogen and oxygen atoms in total.